The summed E-state index contributed by atoms with van der Waals surface area (Å²) in [6.45, 7) is 5.15. The maximum atomic E-state index is 13.2. The molecule has 2 N–H and O–H groups in total. The van der Waals surface area contributed by atoms with Gasteiger partial charge in [-0.1, -0.05) is 30.3 Å². The highest BCUT2D eigenvalue weighted by molar-refractivity contribution is 5.92. The number of amides is 2. The normalized spacial score (nSPS) is 17.3. The van der Waals surface area contributed by atoms with Gasteiger partial charge in [0, 0.05) is 12.1 Å². The van der Waals surface area contributed by atoms with Gasteiger partial charge in [0.1, 0.15) is 18.7 Å². The lowest BCUT2D eigenvalue weighted by atomic mass is 10.0. The number of hydrogen-bond acceptors (Lipinski definition) is 5. The summed E-state index contributed by atoms with van der Waals surface area (Å²) in [6.07, 6.45) is -0.706. The minimum atomic E-state index is -1.38. The summed E-state index contributed by atoms with van der Waals surface area (Å²) in [5.74, 6) is -3.12. The third-order valence-corrected chi connectivity index (χ3v) is 4.91. The maximum absolute atomic E-state index is 13.2. The Morgan fingerprint density at radius 2 is 1.80 bits per heavy atom. The first-order valence-corrected chi connectivity index (χ1v) is 9.77. The highest BCUT2D eigenvalue weighted by Crippen LogP contribution is 2.26. The van der Waals surface area contributed by atoms with Crippen molar-refractivity contribution in [3.63, 3.8) is 0 Å². The number of rotatable bonds is 7. The monoisotopic (exact) mass is 420 g/mol. The number of likely N-dealkylation sites (tertiary alicyclic amines) is 1. The zero-order chi connectivity index (χ0) is 22.5. The molecule has 0 saturated carbocycles. The van der Waals surface area contributed by atoms with Crippen LogP contribution in [0.15, 0.2) is 30.3 Å². The van der Waals surface area contributed by atoms with Crippen molar-refractivity contribution in [2.75, 3.05) is 6.54 Å². The van der Waals surface area contributed by atoms with Gasteiger partial charge < -0.3 is 19.8 Å². The van der Waals surface area contributed by atoms with Gasteiger partial charge in [-0.2, -0.15) is 0 Å². The van der Waals surface area contributed by atoms with Crippen LogP contribution in [-0.2, 0) is 25.7 Å². The van der Waals surface area contributed by atoms with E-state index in [1.165, 1.54) is 0 Å². The van der Waals surface area contributed by atoms with Crippen molar-refractivity contribution >= 4 is 23.9 Å². The molecule has 9 nitrogen and oxygen atoms in total. The molecule has 2 unspecified atom stereocenters. The lowest BCUT2D eigenvalue weighted by molar-refractivity contribution is -0.153. The van der Waals surface area contributed by atoms with E-state index >= 15 is 0 Å². The number of carboxylic acid groups (broad SMARTS) is 2. The Balaban J connectivity index is 2.30. The molecule has 9 heteroatoms. The standard InChI is InChI=1S/C21H28N2O7/c1-21(2,3)23(20(29)30-13-14-8-5-4-6-9-14)16(12-17(24)25)18(26)22-11-7-10-15(22)19(27)28/h4-6,8-9,15-16H,7,10-13H2,1-3H3,(H,24,25)(H,27,28). The molecule has 0 aliphatic carbocycles. The van der Waals surface area contributed by atoms with Crippen molar-refractivity contribution in [2.45, 2.75) is 64.3 Å². The molecule has 1 aliphatic heterocycles. The van der Waals surface area contributed by atoms with Crippen LogP contribution in [0.2, 0.25) is 0 Å². The number of benzene rings is 1. The fourth-order valence-electron chi connectivity index (χ4n) is 3.59. The van der Waals surface area contributed by atoms with E-state index < -0.39 is 48.0 Å². The van der Waals surface area contributed by atoms with Crippen molar-refractivity contribution in [1.82, 2.24) is 9.80 Å². The van der Waals surface area contributed by atoms with Crippen LogP contribution in [-0.4, -0.2) is 68.1 Å². The fourth-order valence-corrected chi connectivity index (χ4v) is 3.59. The van der Waals surface area contributed by atoms with E-state index in [0.717, 1.165) is 15.4 Å². The van der Waals surface area contributed by atoms with Crippen molar-refractivity contribution in [1.29, 1.82) is 0 Å². The second kappa shape index (κ2) is 9.60. The van der Waals surface area contributed by atoms with E-state index in [-0.39, 0.29) is 19.6 Å². The Labute approximate surface area is 175 Å². The third kappa shape index (κ3) is 5.71. The molecule has 1 saturated heterocycles. The molecule has 2 rings (SSSR count). The van der Waals surface area contributed by atoms with E-state index in [4.69, 9.17) is 4.74 Å². The average molecular weight is 420 g/mol. The van der Waals surface area contributed by atoms with Crippen LogP contribution in [0.3, 0.4) is 0 Å². The number of hydrogen-bond donors (Lipinski definition) is 2. The highest BCUT2D eigenvalue weighted by Gasteiger charge is 2.45. The van der Waals surface area contributed by atoms with Crippen LogP contribution in [0.25, 0.3) is 0 Å². The Bertz CT molecular complexity index is 788. The third-order valence-electron chi connectivity index (χ3n) is 4.91. The molecule has 1 aromatic rings. The van der Waals surface area contributed by atoms with Gasteiger partial charge in [0.25, 0.3) is 0 Å². The molecule has 2 amide bonds. The van der Waals surface area contributed by atoms with Crippen LogP contribution in [0.1, 0.15) is 45.6 Å². The lowest BCUT2D eigenvalue weighted by Crippen LogP contribution is -2.59. The van der Waals surface area contributed by atoms with Gasteiger partial charge in [-0.15, -0.1) is 0 Å². The van der Waals surface area contributed by atoms with Gasteiger partial charge in [0.15, 0.2) is 0 Å². The van der Waals surface area contributed by atoms with Gasteiger partial charge in [0.2, 0.25) is 5.91 Å². The van der Waals surface area contributed by atoms with Crippen molar-refractivity contribution in [3.05, 3.63) is 35.9 Å². The second-order valence-corrected chi connectivity index (χ2v) is 8.22. The largest absolute Gasteiger partial charge is 0.481 e. The van der Waals surface area contributed by atoms with E-state index in [0.29, 0.717) is 6.42 Å². The van der Waals surface area contributed by atoms with Crippen molar-refractivity contribution in [3.8, 4) is 0 Å². The molecule has 30 heavy (non-hydrogen) atoms. The predicted octanol–water partition coefficient (Wildman–Crippen LogP) is 2.34. The van der Waals surface area contributed by atoms with E-state index in [1.807, 2.05) is 6.07 Å². The molecule has 1 aromatic carbocycles. The first-order valence-electron chi connectivity index (χ1n) is 9.77. The molecule has 164 valence electrons. The highest BCUT2D eigenvalue weighted by atomic mass is 16.6. The van der Waals surface area contributed by atoms with Crippen LogP contribution in [0.5, 0.6) is 0 Å². The summed E-state index contributed by atoms with van der Waals surface area (Å²) in [5, 5.41) is 18.8. The van der Waals surface area contributed by atoms with Crippen molar-refractivity contribution in [2.24, 2.45) is 0 Å². The van der Waals surface area contributed by atoms with Gasteiger partial charge in [-0.05, 0) is 39.2 Å². The Kier molecular flexibility index (Phi) is 7.42. The van der Waals surface area contributed by atoms with Gasteiger partial charge in [-0.25, -0.2) is 9.59 Å². The zero-order valence-corrected chi connectivity index (χ0v) is 17.4. The molecular weight excluding hydrogens is 392 g/mol. The van der Waals surface area contributed by atoms with E-state index in [2.05, 4.69) is 0 Å². The number of aliphatic carboxylic acids is 2. The maximum Gasteiger partial charge on any atom is 0.411 e. The number of carbonyl (C=O) groups excluding carboxylic acids is 2. The van der Waals surface area contributed by atoms with Crippen LogP contribution in [0, 0.1) is 0 Å². The molecule has 0 spiro atoms. The summed E-state index contributed by atoms with van der Waals surface area (Å²) < 4.78 is 5.37. The summed E-state index contributed by atoms with van der Waals surface area (Å²) in [4.78, 5) is 51.4. The molecule has 0 bridgehead atoms. The molecule has 0 radical (unpaired) electrons. The quantitative estimate of drug-likeness (QED) is 0.694. The summed E-state index contributed by atoms with van der Waals surface area (Å²) in [6, 6.07) is 6.54. The molecule has 1 heterocycles. The Morgan fingerprint density at radius 1 is 1.17 bits per heavy atom. The zero-order valence-electron chi connectivity index (χ0n) is 17.4. The molecule has 2 atom stereocenters. The lowest BCUT2D eigenvalue weighted by Gasteiger charge is -2.41. The minimum absolute atomic E-state index is 0.0400. The fraction of sp³-hybridized carbons (Fsp3) is 0.524. The van der Waals surface area contributed by atoms with Crippen LogP contribution in [0.4, 0.5) is 4.79 Å². The SMILES string of the molecule is CC(C)(C)N(C(=O)OCc1ccccc1)C(CC(=O)O)C(=O)N1CCCC1C(=O)O. The predicted molar refractivity (Wildman–Crippen MR) is 107 cm³/mol. The van der Waals surface area contributed by atoms with Crippen LogP contribution < -0.4 is 0 Å². The average Bonchev–Trinajstić information content (AvgIpc) is 3.15. The van der Waals surface area contributed by atoms with E-state index in [1.54, 1.807) is 45.0 Å². The number of carbonyl (C=O) groups is 4. The van der Waals surface area contributed by atoms with Gasteiger partial charge >= 0.3 is 18.0 Å². The van der Waals surface area contributed by atoms with Gasteiger partial charge in [0.05, 0.1) is 6.42 Å². The van der Waals surface area contributed by atoms with Gasteiger partial charge in [-0.3, -0.25) is 14.5 Å². The molecule has 0 aromatic heterocycles. The minimum Gasteiger partial charge on any atom is -0.481 e. The topological polar surface area (TPSA) is 124 Å². The van der Waals surface area contributed by atoms with Crippen molar-refractivity contribution < 1.29 is 34.1 Å². The summed E-state index contributed by atoms with van der Waals surface area (Å²) in [7, 11) is 0. The number of nitrogens with zero attached hydrogens (tertiary/aromatic N) is 2. The summed E-state index contributed by atoms with van der Waals surface area (Å²) in [5.41, 5.74) is -0.201. The summed E-state index contributed by atoms with van der Waals surface area (Å²) >= 11 is 0. The first kappa shape index (κ1) is 23.2. The Hall–Kier alpha value is -3.10. The number of carboxylic acids is 2. The van der Waals surface area contributed by atoms with Crippen LogP contribution >= 0.6 is 0 Å². The molecule has 1 aliphatic rings. The second-order valence-electron chi connectivity index (χ2n) is 8.22. The smallest absolute Gasteiger partial charge is 0.411 e. The molecular formula is C21H28N2O7. The van der Waals surface area contributed by atoms with E-state index in [9.17, 15) is 29.4 Å². The molecule has 1 fully saturated rings. The Morgan fingerprint density at radius 3 is 2.33 bits per heavy atom. The number of ether oxygens (including phenoxy) is 1. The first-order chi connectivity index (χ1) is 14.0.